The van der Waals surface area contributed by atoms with E-state index in [4.69, 9.17) is 14.0 Å². The zero-order chi connectivity index (χ0) is 20.1. The topological polar surface area (TPSA) is 47.7 Å². The van der Waals surface area contributed by atoms with E-state index in [2.05, 4.69) is 10.1 Å². The number of rotatable bonds is 8. The summed E-state index contributed by atoms with van der Waals surface area (Å²) in [6, 6.07) is 12.5. The van der Waals surface area contributed by atoms with Gasteiger partial charge in [-0.3, -0.25) is 0 Å². The van der Waals surface area contributed by atoms with Crippen molar-refractivity contribution in [1.82, 2.24) is 10.1 Å². The largest absolute Gasteiger partial charge is 0.490 e. The number of para-hydroxylation sites is 2. The molecule has 0 aliphatic carbocycles. The minimum absolute atomic E-state index is 0.291. The summed E-state index contributed by atoms with van der Waals surface area (Å²) in [5, 5.41) is 5.16. The average molecular weight is 398 g/mol. The van der Waals surface area contributed by atoms with Crippen LogP contribution in [0, 0.1) is 5.82 Å². The molecule has 3 aromatic rings. The molecule has 1 aromatic heterocycles. The zero-order valence-electron chi connectivity index (χ0n) is 16.8. The first-order valence-corrected chi connectivity index (χ1v) is 10.4. The highest BCUT2D eigenvalue weighted by atomic mass is 19.1. The number of likely N-dealkylation sites (tertiary alicyclic amines) is 1. The van der Waals surface area contributed by atoms with Crippen molar-refractivity contribution in [2.45, 2.75) is 32.1 Å². The molecular weight excluding hydrogens is 371 g/mol. The standard InChI is InChI=1S/C23H27FN2O3/c1-2-27-20-6-3-4-7-21(20)28-15-5-12-26-13-10-17(11-14-26)23-19-9-8-18(24)16-22(19)29-25-23/h3-4,6-9,16-17H,2,5,10-15H2,1H3. The van der Waals surface area contributed by atoms with Crippen molar-refractivity contribution in [2.75, 3.05) is 32.8 Å². The Balaban J connectivity index is 1.23. The van der Waals surface area contributed by atoms with Gasteiger partial charge >= 0.3 is 0 Å². The molecule has 1 saturated heterocycles. The smallest absolute Gasteiger partial charge is 0.170 e. The molecule has 0 spiro atoms. The molecule has 0 bridgehead atoms. The second kappa shape index (κ2) is 9.27. The molecule has 6 heteroatoms. The number of hydrogen-bond acceptors (Lipinski definition) is 5. The van der Waals surface area contributed by atoms with Gasteiger partial charge in [0.25, 0.3) is 0 Å². The third-order valence-corrected chi connectivity index (χ3v) is 5.46. The van der Waals surface area contributed by atoms with E-state index in [0.717, 1.165) is 61.5 Å². The maximum atomic E-state index is 13.3. The molecular formula is C23H27FN2O3. The van der Waals surface area contributed by atoms with E-state index in [1.54, 1.807) is 6.07 Å². The molecule has 5 nitrogen and oxygen atoms in total. The van der Waals surface area contributed by atoms with Gasteiger partial charge in [0.2, 0.25) is 0 Å². The van der Waals surface area contributed by atoms with Gasteiger partial charge < -0.3 is 18.9 Å². The molecule has 1 fully saturated rings. The minimum Gasteiger partial charge on any atom is -0.490 e. The first-order chi connectivity index (χ1) is 14.2. The summed E-state index contributed by atoms with van der Waals surface area (Å²) in [6.07, 6.45) is 3.04. The van der Waals surface area contributed by atoms with Crippen LogP contribution < -0.4 is 9.47 Å². The Kier molecular flexibility index (Phi) is 6.30. The van der Waals surface area contributed by atoms with Gasteiger partial charge in [-0.25, -0.2) is 4.39 Å². The predicted molar refractivity (Wildman–Crippen MR) is 110 cm³/mol. The van der Waals surface area contributed by atoms with Crippen LogP contribution in [0.3, 0.4) is 0 Å². The predicted octanol–water partition coefficient (Wildman–Crippen LogP) is 5.01. The van der Waals surface area contributed by atoms with E-state index in [9.17, 15) is 4.39 Å². The molecule has 1 aliphatic heterocycles. The van der Waals surface area contributed by atoms with Gasteiger partial charge in [0, 0.05) is 23.9 Å². The molecule has 2 heterocycles. The van der Waals surface area contributed by atoms with Crippen LogP contribution in [0.1, 0.15) is 37.8 Å². The highest BCUT2D eigenvalue weighted by Gasteiger charge is 2.25. The molecule has 154 valence electrons. The molecule has 4 rings (SSSR count). The lowest BCUT2D eigenvalue weighted by Crippen LogP contribution is -2.34. The number of piperidine rings is 1. The number of fused-ring (bicyclic) bond motifs is 1. The molecule has 0 saturated carbocycles. The molecule has 0 N–H and O–H groups in total. The summed E-state index contributed by atoms with van der Waals surface area (Å²) in [5.41, 5.74) is 1.50. The normalized spacial score (nSPS) is 15.7. The Bertz CT molecular complexity index is 935. The van der Waals surface area contributed by atoms with Gasteiger partial charge in [-0.05, 0) is 63.5 Å². The summed E-state index contributed by atoms with van der Waals surface area (Å²) in [4.78, 5) is 2.47. The maximum absolute atomic E-state index is 13.3. The van der Waals surface area contributed by atoms with Crippen molar-refractivity contribution in [2.24, 2.45) is 0 Å². The molecule has 0 amide bonds. The lowest BCUT2D eigenvalue weighted by atomic mass is 9.91. The van der Waals surface area contributed by atoms with Crippen molar-refractivity contribution >= 4 is 11.0 Å². The van der Waals surface area contributed by atoms with E-state index in [-0.39, 0.29) is 5.82 Å². The number of hydrogen-bond donors (Lipinski definition) is 0. The van der Waals surface area contributed by atoms with Gasteiger partial charge in [-0.15, -0.1) is 0 Å². The van der Waals surface area contributed by atoms with Gasteiger partial charge in [0.05, 0.1) is 18.9 Å². The Morgan fingerprint density at radius 3 is 2.62 bits per heavy atom. The molecule has 0 radical (unpaired) electrons. The summed E-state index contributed by atoms with van der Waals surface area (Å²) in [5.74, 6) is 1.69. The maximum Gasteiger partial charge on any atom is 0.170 e. The SMILES string of the molecule is CCOc1ccccc1OCCCN1CCC(c2noc3cc(F)ccc23)CC1. The zero-order valence-corrected chi connectivity index (χ0v) is 16.8. The van der Waals surface area contributed by atoms with Gasteiger partial charge in [-0.1, -0.05) is 17.3 Å². The van der Waals surface area contributed by atoms with Crippen LogP contribution in [0.15, 0.2) is 47.0 Å². The van der Waals surface area contributed by atoms with Crippen LogP contribution in [0.25, 0.3) is 11.0 Å². The van der Waals surface area contributed by atoms with E-state index < -0.39 is 0 Å². The fourth-order valence-electron chi connectivity index (χ4n) is 3.97. The van der Waals surface area contributed by atoms with Crippen LogP contribution >= 0.6 is 0 Å². The van der Waals surface area contributed by atoms with Crippen molar-refractivity contribution in [3.63, 3.8) is 0 Å². The van der Waals surface area contributed by atoms with Crippen LogP contribution in [-0.4, -0.2) is 42.9 Å². The first kappa shape index (κ1) is 19.7. The van der Waals surface area contributed by atoms with Crippen molar-refractivity contribution in [3.8, 4) is 11.5 Å². The quantitative estimate of drug-likeness (QED) is 0.499. The third-order valence-electron chi connectivity index (χ3n) is 5.46. The number of aromatic nitrogens is 1. The summed E-state index contributed by atoms with van der Waals surface area (Å²) in [6.45, 7) is 6.33. The Morgan fingerprint density at radius 2 is 1.86 bits per heavy atom. The molecule has 2 aromatic carbocycles. The lowest BCUT2D eigenvalue weighted by molar-refractivity contribution is 0.188. The third kappa shape index (κ3) is 4.70. The Labute approximate surface area is 170 Å². The van der Waals surface area contributed by atoms with E-state index in [1.165, 1.54) is 12.1 Å². The second-order valence-electron chi connectivity index (χ2n) is 7.41. The summed E-state index contributed by atoms with van der Waals surface area (Å²) < 4.78 is 30.2. The Hall–Kier alpha value is -2.60. The van der Waals surface area contributed by atoms with Crippen molar-refractivity contribution in [3.05, 3.63) is 54.0 Å². The number of nitrogens with zero attached hydrogens (tertiary/aromatic N) is 2. The number of ether oxygens (including phenoxy) is 2. The van der Waals surface area contributed by atoms with Gasteiger partial charge in [-0.2, -0.15) is 0 Å². The van der Waals surface area contributed by atoms with Crippen molar-refractivity contribution in [1.29, 1.82) is 0 Å². The van der Waals surface area contributed by atoms with Crippen molar-refractivity contribution < 1.29 is 18.4 Å². The lowest BCUT2D eigenvalue weighted by Gasteiger charge is -2.31. The molecule has 0 unspecified atom stereocenters. The molecule has 1 aliphatic rings. The van der Waals surface area contributed by atoms with E-state index >= 15 is 0 Å². The van der Waals surface area contributed by atoms with Gasteiger partial charge in [0.1, 0.15) is 5.82 Å². The van der Waals surface area contributed by atoms with Gasteiger partial charge in [0.15, 0.2) is 17.1 Å². The minimum atomic E-state index is -0.291. The van der Waals surface area contributed by atoms with Crippen LogP contribution in [-0.2, 0) is 0 Å². The highest BCUT2D eigenvalue weighted by molar-refractivity contribution is 5.79. The van der Waals surface area contributed by atoms with Crippen LogP contribution in [0.5, 0.6) is 11.5 Å². The summed E-state index contributed by atoms with van der Waals surface area (Å²) in [7, 11) is 0. The monoisotopic (exact) mass is 398 g/mol. The van der Waals surface area contributed by atoms with Crippen LogP contribution in [0.2, 0.25) is 0 Å². The second-order valence-corrected chi connectivity index (χ2v) is 7.41. The van der Waals surface area contributed by atoms with Crippen LogP contribution in [0.4, 0.5) is 4.39 Å². The fourth-order valence-corrected chi connectivity index (χ4v) is 3.97. The fraction of sp³-hybridized carbons (Fsp3) is 0.435. The number of benzene rings is 2. The van der Waals surface area contributed by atoms with E-state index in [1.807, 2.05) is 31.2 Å². The first-order valence-electron chi connectivity index (χ1n) is 10.4. The van der Waals surface area contributed by atoms with E-state index in [0.29, 0.717) is 24.7 Å². The average Bonchev–Trinajstić information content (AvgIpc) is 3.16. The highest BCUT2D eigenvalue weighted by Crippen LogP contribution is 2.33. The molecule has 29 heavy (non-hydrogen) atoms. The Morgan fingerprint density at radius 1 is 1.10 bits per heavy atom. The summed E-state index contributed by atoms with van der Waals surface area (Å²) >= 11 is 0. The number of halogens is 1. The molecule has 0 atom stereocenters.